The predicted octanol–water partition coefficient (Wildman–Crippen LogP) is -3.55. The van der Waals surface area contributed by atoms with Crippen molar-refractivity contribution in [1.82, 2.24) is 9.80 Å². The maximum atomic E-state index is 12.0. The number of nitro groups is 2. The highest BCUT2D eigenvalue weighted by molar-refractivity contribution is 5.22. The third-order valence-corrected chi connectivity index (χ3v) is 7.22. The summed E-state index contributed by atoms with van der Waals surface area (Å²) < 4.78 is 0. The fourth-order valence-corrected chi connectivity index (χ4v) is 5.22. The Hall–Kier alpha value is -1.48. The Labute approximate surface area is 160 Å². The summed E-state index contributed by atoms with van der Waals surface area (Å²) in [7, 11) is 0. The maximum absolute atomic E-state index is 12.0. The van der Waals surface area contributed by atoms with E-state index in [2.05, 4.69) is 0 Å². The molecule has 28 heavy (non-hydrogen) atoms. The molecule has 4 bridgehead atoms. The molecule has 4 aliphatic rings. The van der Waals surface area contributed by atoms with Crippen LogP contribution in [-0.4, -0.2) is 120 Å². The first-order chi connectivity index (χ1) is 12.9. The Bertz CT molecular complexity index is 622. The summed E-state index contributed by atoms with van der Waals surface area (Å²) >= 11 is 0. The van der Waals surface area contributed by atoms with Crippen LogP contribution in [0.1, 0.15) is 13.8 Å². The van der Waals surface area contributed by atoms with Crippen LogP contribution in [0.4, 0.5) is 0 Å². The van der Waals surface area contributed by atoms with Gasteiger partial charge >= 0.3 is 0 Å². The average Bonchev–Trinajstić information content (AvgIpc) is 2.62. The minimum absolute atomic E-state index is 0.161. The third-order valence-electron chi connectivity index (χ3n) is 7.22. The molecule has 0 radical (unpaired) electrons. The van der Waals surface area contributed by atoms with Gasteiger partial charge in [0.25, 0.3) is 11.1 Å². The first kappa shape index (κ1) is 21.2. The smallest absolute Gasteiger partial charge is 0.259 e. The summed E-state index contributed by atoms with van der Waals surface area (Å²) in [5, 5.41) is 73.2. The number of nitrogens with zero attached hydrogens (tertiary/aromatic N) is 4. The molecule has 13 nitrogen and oxygen atoms in total. The highest BCUT2D eigenvalue weighted by Crippen LogP contribution is 2.56. The maximum Gasteiger partial charge on any atom is 0.259 e. The van der Waals surface area contributed by atoms with Gasteiger partial charge in [-0.25, -0.2) is 0 Å². The fourth-order valence-electron chi connectivity index (χ4n) is 5.22. The lowest BCUT2D eigenvalue weighted by Crippen LogP contribution is -2.91. The number of rotatable bonds is 7. The average molecular weight is 406 g/mol. The van der Waals surface area contributed by atoms with Gasteiger partial charge in [0.15, 0.2) is 0 Å². The normalized spacial score (nSPS) is 42.6. The van der Waals surface area contributed by atoms with Gasteiger partial charge < -0.3 is 25.5 Å². The molecule has 5 N–H and O–H groups in total. The Morgan fingerprint density at radius 3 is 1.64 bits per heavy atom. The third kappa shape index (κ3) is 2.44. The van der Waals surface area contributed by atoms with Crippen molar-refractivity contribution in [2.45, 2.75) is 55.5 Å². The van der Waals surface area contributed by atoms with Crippen molar-refractivity contribution in [2.75, 3.05) is 32.8 Å². The highest BCUT2D eigenvalue weighted by Gasteiger charge is 2.82. The van der Waals surface area contributed by atoms with E-state index in [0.717, 1.165) is 0 Å². The van der Waals surface area contributed by atoms with Crippen LogP contribution < -0.4 is 0 Å². The monoisotopic (exact) mass is 406 g/mol. The fraction of sp³-hybridized carbons (Fsp3) is 1.00. The van der Waals surface area contributed by atoms with Crippen molar-refractivity contribution in [2.24, 2.45) is 5.41 Å². The number of hydrogen-bond donors (Lipinski definition) is 5. The molecule has 0 aromatic carbocycles. The van der Waals surface area contributed by atoms with Gasteiger partial charge in [-0.05, 0) is 13.8 Å². The van der Waals surface area contributed by atoms with Crippen LogP contribution in [0.2, 0.25) is 0 Å². The van der Waals surface area contributed by atoms with Crippen LogP contribution in [0.15, 0.2) is 0 Å². The number of piperidine rings is 2. The lowest BCUT2D eigenvalue weighted by Gasteiger charge is -2.66. The molecule has 0 aromatic rings. The molecule has 4 heterocycles. The van der Waals surface area contributed by atoms with Gasteiger partial charge in [0.05, 0.1) is 39.0 Å². The van der Waals surface area contributed by atoms with E-state index in [4.69, 9.17) is 5.11 Å². The molecule has 0 saturated carbocycles. The summed E-state index contributed by atoms with van der Waals surface area (Å²) in [5.74, 6) is 0. The van der Waals surface area contributed by atoms with E-state index in [9.17, 15) is 40.7 Å². The first-order valence-corrected chi connectivity index (χ1v) is 8.96. The number of hydrogen-bond acceptors (Lipinski definition) is 11. The highest BCUT2D eigenvalue weighted by atomic mass is 16.6. The van der Waals surface area contributed by atoms with Crippen molar-refractivity contribution in [3.63, 3.8) is 0 Å². The van der Waals surface area contributed by atoms with Gasteiger partial charge in [-0.15, -0.1) is 0 Å². The molecule has 4 atom stereocenters. The largest absolute Gasteiger partial charge is 0.394 e. The summed E-state index contributed by atoms with van der Waals surface area (Å²) in [6, 6.07) is 0. The zero-order chi connectivity index (χ0) is 21.2. The number of aliphatic hydroxyl groups is 5. The molecule has 4 rings (SSSR count). The SMILES string of the molecule is CC1(C)C2([N+](=O)[O-])CN3CC1([N+](=O)[O-])CN(C2)C3[C@H](O)[C@H](O)[C@@H](O)[C@@H](O)CO. The van der Waals surface area contributed by atoms with Gasteiger partial charge in [-0.1, -0.05) is 0 Å². The lowest BCUT2D eigenvalue weighted by atomic mass is 9.53. The summed E-state index contributed by atoms with van der Waals surface area (Å²) in [4.78, 5) is 25.8. The Balaban J connectivity index is 1.97. The van der Waals surface area contributed by atoms with E-state index < -0.39 is 63.5 Å². The Morgan fingerprint density at radius 2 is 1.32 bits per heavy atom. The van der Waals surface area contributed by atoms with Gasteiger partial charge in [0, 0.05) is 9.85 Å². The zero-order valence-corrected chi connectivity index (χ0v) is 15.6. The molecule has 13 heteroatoms. The topological polar surface area (TPSA) is 194 Å². The van der Waals surface area contributed by atoms with E-state index in [-0.39, 0.29) is 26.2 Å². The molecule has 4 fully saturated rings. The standard InChI is InChI=1S/C15H26N4O9/c1-13(2)14(18(25)26)4-16-6-15(13,19(27)28)7-17(5-14)12(16)11(24)10(23)9(22)8(21)3-20/h8-12,20-24H,3-7H2,1-2H3/t8-,9-,10+,11+,12?,14?,15?/m0/s1. The molecular formula is C15H26N4O9. The van der Waals surface area contributed by atoms with Crippen LogP contribution in [-0.2, 0) is 0 Å². The predicted molar refractivity (Wildman–Crippen MR) is 91.3 cm³/mol. The molecule has 0 unspecified atom stereocenters. The summed E-state index contributed by atoms with van der Waals surface area (Å²) in [6.45, 7) is 1.57. The van der Waals surface area contributed by atoms with Gasteiger partial charge in [0.2, 0.25) is 0 Å². The van der Waals surface area contributed by atoms with Crippen LogP contribution in [0, 0.1) is 25.6 Å². The van der Waals surface area contributed by atoms with E-state index >= 15 is 0 Å². The second kappa shape index (κ2) is 6.52. The molecule has 0 aliphatic carbocycles. The van der Waals surface area contributed by atoms with Crippen molar-refractivity contribution in [3.8, 4) is 0 Å². The van der Waals surface area contributed by atoms with Crippen molar-refractivity contribution < 1.29 is 35.4 Å². The van der Waals surface area contributed by atoms with Crippen molar-refractivity contribution in [3.05, 3.63) is 20.2 Å². The van der Waals surface area contributed by atoms with Gasteiger partial charge in [-0.3, -0.25) is 30.0 Å². The van der Waals surface area contributed by atoms with Gasteiger partial charge in [-0.2, -0.15) is 0 Å². The molecule has 160 valence electrons. The van der Waals surface area contributed by atoms with Crippen molar-refractivity contribution >= 4 is 0 Å². The molecule has 0 aromatic heterocycles. The van der Waals surface area contributed by atoms with Crippen LogP contribution in [0.5, 0.6) is 0 Å². The molecule has 0 amide bonds. The molecular weight excluding hydrogens is 380 g/mol. The molecule has 0 spiro atoms. The van der Waals surface area contributed by atoms with Crippen LogP contribution >= 0.6 is 0 Å². The zero-order valence-electron chi connectivity index (χ0n) is 15.6. The molecule has 4 aliphatic heterocycles. The van der Waals surface area contributed by atoms with Crippen LogP contribution in [0.3, 0.4) is 0 Å². The summed E-state index contributed by atoms with van der Waals surface area (Å²) in [5.41, 5.74) is -4.54. The van der Waals surface area contributed by atoms with Gasteiger partial charge in [0.1, 0.15) is 29.8 Å². The first-order valence-electron chi connectivity index (χ1n) is 8.96. The lowest BCUT2D eigenvalue weighted by molar-refractivity contribution is -0.679. The summed E-state index contributed by atoms with van der Waals surface area (Å²) in [6.07, 6.45) is -8.10. The molecule has 4 saturated heterocycles. The second-order valence-corrected chi connectivity index (χ2v) is 8.65. The van der Waals surface area contributed by atoms with E-state index in [0.29, 0.717) is 0 Å². The minimum Gasteiger partial charge on any atom is -0.394 e. The minimum atomic E-state index is -1.87. The van der Waals surface area contributed by atoms with Crippen molar-refractivity contribution in [1.29, 1.82) is 0 Å². The second-order valence-electron chi connectivity index (χ2n) is 8.65. The van der Waals surface area contributed by atoms with E-state index in [1.807, 2.05) is 0 Å². The van der Waals surface area contributed by atoms with Crippen LogP contribution in [0.25, 0.3) is 0 Å². The number of aliphatic hydroxyl groups excluding tert-OH is 5. The van der Waals surface area contributed by atoms with E-state index in [1.54, 1.807) is 0 Å². The Morgan fingerprint density at radius 1 is 0.929 bits per heavy atom. The quantitative estimate of drug-likeness (QED) is 0.207. The van der Waals surface area contributed by atoms with E-state index in [1.165, 1.54) is 23.6 Å². The Kier molecular flexibility index (Phi) is 4.94.